The molecule has 1 saturated heterocycles. The summed E-state index contributed by atoms with van der Waals surface area (Å²) in [5, 5.41) is 4.13. The molecule has 0 radical (unpaired) electrons. The summed E-state index contributed by atoms with van der Waals surface area (Å²) in [6.07, 6.45) is 6.97. The van der Waals surface area contributed by atoms with Crippen molar-refractivity contribution in [3.8, 4) is 0 Å². The van der Waals surface area contributed by atoms with Gasteiger partial charge in [0.15, 0.2) is 5.78 Å². The first-order valence-corrected chi connectivity index (χ1v) is 11.4. The lowest BCUT2D eigenvalue weighted by atomic mass is 9.82. The van der Waals surface area contributed by atoms with Crippen LogP contribution in [-0.4, -0.2) is 48.3 Å². The van der Waals surface area contributed by atoms with E-state index in [9.17, 15) is 9.59 Å². The highest BCUT2D eigenvalue weighted by Crippen LogP contribution is 2.39. The smallest absolute Gasteiger partial charge is 0.262 e. The Bertz CT molecular complexity index is 1070. The maximum absolute atomic E-state index is 13.7. The van der Waals surface area contributed by atoms with Crippen molar-refractivity contribution in [2.24, 2.45) is 0 Å². The molecular weight excluding hydrogens is 410 g/mol. The molecule has 1 fully saturated rings. The summed E-state index contributed by atoms with van der Waals surface area (Å²) >= 11 is 6.19. The first kappa shape index (κ1) is 20.3. The number of Topliss-reactive ketones (excluding diaryl/α,β-unsaturated/α-hetero) is 1. The van der Waals surface area contributed by atoms with Crippen molar-refractivity contribution in [2.75, 3.05) is 29.9 Å². The van der Waals surface area contributed by atoms with E-state index in [2.05, 4.69) is 17.1 Å². The Morgan fingerprint density at radius 3 is 2.65 bits per heavy atom. The van der Waals surface area contributed by atoms with Crippen molar-refractivity contribution in [3.63, 3.8) is 0 Å². The second kappa shape index (κ2) is 8.13. The maximum atomic E-state index is 13.7. The topological polar surface area (TPSA) is 52.7 Å². The molecular formula is C25H26ClN3O2. The van der Waals surface area contributed by atoms with Gasteiger partial charge in [-0.1, -0.05) is 42.8 Å². The molecule has 0 spiro atoms. The number of hydrogen-bond donors (Lipinski definition) is 1. The zero-order chi connectivity index (χ0) is 21.5. The maximum Gasteiger partial charge on any atom is 0.262 e. The third kappa shape index (κ3) is 3.56. The van der Waals surface area contributed by atoms with Gasteiger partial charge in [0.2, 0.25) is 0 Å². The van der Waals surface area contributed by atoms with Crippen LogP contribution in [0.4, 0.5) is 11.4 Å². The molecule has 1 unspecified atom stereocenters. The van der Waals surface area contributed by atoms with E-state index < -0.39 is 6.04 Å². The average Bonchev–Trinajstić information content (AvgIpc) is 2.76. The van der Waals surface area contributed by atoms with Crippen molar-refractivity contribution < 1.29 is 9.59 Å². The number of likely N-dealkylation sites (tertiary alicyclic amines) is 1. The van der Waals surface area contributed by atoms with Crippen molar-refractivity contribution in [3.05, 3.63) is 64.2 Å². The van der Waals surface area contributed by atoms with Crippen molar-refractivity contribution in [1.29, 1.82) is 0 Å². The number of ketones is 1. The molecule has 2 bridgehead atoms. The van der Waals surface area contributed by atoms with E-state index in [1.165, 1.54) is 0 Å². The van der Waals surface area contributed by atoms with Crippen LogP contribution < -0.4 is 10.2 Å². The fourth-order valence-corrected chi connectivity index (χ4v) is 5.17. The summed E-state index contributed by atoms with van der Waals surface area (Å²) in [6.45, 7) is 5.44. The number of anilines is 2. The molecule has 5 rings (SSSR count). The molecule has 1 amide bonds. The number of benzene rings is 2. The Balaban J connectivity index is 1.50. The molecule has 2 heterocycles. The lowest BCUT2D eigenvalue weighted by molar-refractivity contribution is 0.0885. The van der Waals surface area contributed by atoms with E-state index in [0.717, 1.165) is 50.1 Å². The van der Waals surface area contributed by atoms with Gasteiger partial charge in [-0.3, -0.25) is 14.5 Å². The van der Waals surface area contributed by atoms with Crippen LogP contribution in [0.1, 0.15) is 52.5 Å². The van der Waals surface area contributed by atoms with E-state index in [0.29, 0.717) is 27.9 Å². The van der Waals surface area contributed by atoms with Gasteiger partial charge in [0.1, 0.15) is 6.04 Å². The van der Waals surface area contributed by atoms with Gasteiger partial charge in [0.05, 0.1) is 5.56 Å². The zero-order valence-corrected chi connectivity index (χ0v) is 18.4. The van der Waals surface area contributed by atoms with Crippen molar-refractivity contribution >= 4 is 40.7 Å². The summed E-state index contributed by atoms with van der Waals surface area (Å²) in [5.74, 6) is -0.188. The molecule has 2 aliphatic heterocycles. The third-order valence-corrected chi connectivity index (χ3v) is 6.73. The van der Waals surface area contributed by atoms with Gasteiger partial charge < -0.3 is 10.2 Å². The lowest BCUT2D eigenvalue weighted by Gasteiger charge is -2.38. The van der Waals surface area contributed by atoms with Crippen LogP contribution in [0.15, 0.2) is 42.5 Å². The van der Waals surface area contributed by atoms with Crippen LogP contribution >= 0.6 is 11.6 Å². The van der Waals surface area contributed by atoms with Gasteiger partial charge in [0, 0.05) is 41.1 Å². The average molecular weight is 436 g/mol. The number of amides is 1. The second-order valence-corrected chi connectivity index (χ2v) is 8.97. The molecule has 5 nitrogen and oxygen atoms in total. The van der Waals surface area contributed by atoms with Crippen molar-refractivity contribution in [2.45, 2.75) is 38.3 Å². The fraction of sp³-hybridized carbons (Fsp3) is 0.360. The number of halogens is 1. The molecule has 3 aliphatic rings. The molecule has 0 saturated carbocycles. The van der Waals surface area contributed by atoms with E-state index in [1.54, 1.807) is 23.1 Å². The first-order valence-electron chi connectivity index (χ1n) is 11.0. The largest absolute Gasteiger partial charge is 0.382 e. The van der Waals surface area contributed by atoms with Gasteiger partial charge >= 0.3 is 0 Å². The molecule has 6 heteroatoms. The van der Waals surface area contributed by atoms with E-state index in [4.69, 9.17) is 11.6 Å². The molecule has 1 N–H and O–H groups in total. The summed E-state index contributed by atoms with van der Waals surface area (Å²) in [4.78, 5) is 31.1. The summed E-state index contributed by atoms with van der Waals surface area (Å²) in [5.41, 5.74) is 3.24. The third-order valence-electron chi connectivity index (χ3n) is 6.49. The molecule has 1 aliphatic carbocycles. The van der Waals surface area contributed by atoms with Gasteiger partial charge in [-0.2, -0.15) is 0 Å². The number of fused-ring (bicyclic) bond motifs is 1. The van der Waals surface area contributed by atoms with E-state index in [1.807, 2.05) is 30.4 Å². The number of nitrogens with one attached hydrogen (secondary N) is 1. The second-order valence-electron chi connectivity index (χ2n) is 8.54. The van der Waals surface area contributed by atoms with Crippen LogP contribution in [0.3, 0.4) is 0 Å². The number of piperidine rings is 1. The Labute approximate surface area is 187 Å². The first-order chi connectivity index (χ1) is 15.1. The lowest BCUT2D eigenvalue weighted by Crippen LogP contribution is -2.51. The Morgan fingerprint density at radius 2 is 1.90 bits per heavy atom. The summed E-state index contributed by atoms with van der Waals surface area (Å²) in [7, 11) is 0. The van der Waals surface area contributed by atoms with Crippen LogP contribution in [0, 0.1) is 0 Å². The van der Waals surface area contributed by atoms with E-state index in [-0.39, 0.29) is 11.7 Å². The molecule has 2 aromatic rings. The Hall–Kier alpha value is -2.63. The Kier molecular flexibility index (Phi) is 5.32. The van der Waals surface area contributed by atoms with E-state index >= 15 is 0 Å². The van der Waals surface area contributed by atoms with Crippen LogP contribution in [0.2, 0.25) is 5.02 Å². The number of hydrogen-bond acceptors (Lipinski definition) is 4. The molecule has 1 atom stereocenters. The summed E-state index contributed by atoms with van der Waals surface area (Å²) < 4.78 is 0. The predicted molar refractivity (Wildman–Crippen MR) is 125 cm³/mol. The quantitative estimate of drug-likeness (QED) is 0.728. The fourth-order valence-electron chi connectivity index (χ4n) is 4.99. The monoisotopic (exact) mass is 435 g/mol. The van der Waals surface area contributed by atoms with Gasteiger partial charge in [-0.15, -0.1) is 0 Å². The predicted octanol–water partition coefficient (Wildman–Crippen LogP) is 4.86. The molecule has 160 valence electrons. The number of nitrogens with zero attached hydrogens (tertiary/aromatic N) is 2. The molecule has 0 aromatic heterocycles. The molecule has 2 aromatic carbocycles. The zero-order valence-electron chi connectivity index (χ0n) is 17.6. The highest BCUT2D eigenvalue weighted by Gasteiger charge is 2.43. The standard InChI is InChI=1S/C25H26ClN3O2/c1-2-12-28-13-10-18(11-14-28)27-20-8-6-16-7-9-21-24(30)22(16)23(20)25(31)29(21)19-5-3-4-17(26)15-19/h3-9,15,18,21,27H,2,10-14H2,1H3. The van der Waals surface area contributed by atoms with Crippen LogP contribution in [0.5, 0.6) is 0 Å². The minimum absolute atomic E-state index is 0.0338. The van der Waals surface area contributed by atoms with Gasteiger partial charge in [-0.05, 0) is 55.6 Å². The van der Waals surface area contributed by atoms with Gasteiger partial charge in [0.25, 0.3) is 5.91 Å². The minimum Gasteiger partial charge on any atom is -0.382 e. The minimum atomic E-state index is -0.626. The number of carbonyl (C=O) groups is 2. The van der Waals surface area contributed by atoms with Crippen LogP contribution in [-0.2, 0) is 0 Å². The number of rotatable bonds is 5. The summed E-state index contributed by atoms with van der Waals surface area (Å²) in [6, 6.07) is 10.7. The van der Waals surface area contributed by atoms with Gasteiger partial charge in [-0.25, -0.2) is 0 Å². The Morgan fingerprint density at radius 1 is 1.10 bits per heavy atom. The SMILES string of the molecule is CCCN1CCC(Nc2ccc3c4c2C(=O)N(c2cccc(Cl)c2)C(C=C3)C4=O)CC1. The highest BCUT2D eigenvalue weighted by atomic mass is 35.5. The normalized spacial score (nSPS) is 21.0. The molecule has 31 heavy (non-hydrogen) atoms. The van der Waals surface area contributed by atoms with Crippen molar-refractivity contribution in [1.82, 2.24) is 4.90 Å². The van der Waals surface area contributed by atoms with Crippen LogP contribution in [0.25, 0.3) is 6.08 Å². The number of carbonyl (C=O) groups excluding carboxylic acids is 2. The highest BCUT2D eigenvalue weighted by molar-refractivity contribution is 6.31.